The van der Waals surface area contributed by atoms with Gasteiger partial charge in [0.05, 0.1) is 0 Å². The fraction of sp³-hybridized carbons (Fsp3) is 1.00. The van der Waals surface area contributed by atoms with Crippen molar-refractivity contribution in [3.63, 3.8) is 0 Å². The second-order valence-electron chi connectivity index (χ2n) is 3.25. The van der Waals surface area contributed by atoms with E-state index in [0.29, 0.717) is 0 Å². The molecule has 0 aromatic rings. The van der Waals surface area contributed by atoms with Crippen LogP contribution in [0.5, 0.6) is 0 Å². The van der Waals surface area contributed by atoms with E-state index in [1.807, 2.05) is 13.8 Å². The molecule has 0 spiro atoms. The molecule has 2 aliphatic rings. The summed E-state index contributed by atoms with van der Waals surface area (Å²) in [6, 6.07) is 1.73. The van der Waals surface area contributed by atoms with Crippen molar-refractivity contribution in [2.24, 2.45) is 5.92 Å². The average Bonchev–Trinajstić information content (AvgIpc) is 2.70. The summed E-state index contributed by atoms with van der Waals surface area (Å²) in [5, 5.41) is 3.55. The van der Waals surface area contributed by atoms with Gasteiger partial charge < -0.3 is 5.32 Å². The van der Waals surface area contributed by atoms with Crippen molar-refractivity contribution in [2.45, 2.75) is 52.1 Å². The molecule has 3 unspecified atom stereocenters. The third kappa shape index (κ3) is 3.52. The molecule has 1 aliphatic heterocycles. The van der Waals surface area contributed by atoms with Gasteiger partial charge in [0.1, 0.15) is 0 Å². The maximum absolute atomic E-state index is 3.55. The van der Waals surface area contributed by atoms with Crippen molar-refractivity contribution in [3.8, 4) is 0 Å². The third-order valence-corrected chi connectivity index (χ3v) is 2.39. The van der Waals surface area contributed by atoms with Crippen molar-refractivity contribution in [2.75, 3.05) is 0 Å². The van der Waals surface area contributed by atoms with Crippen LogP contribution in [0.1, 0.15) is 40.0 Å². The van der Waals surface area contributed by atoms with E-state index in [1.165, 1.54) is 19.3 Å². The van der Waals surface area contributed by atoms with Gasteiger partial charge in [0, 0.05) is 44.8 Å². The Labute approximate surface area is 95.6 Å². The minimum absolute atomic E-state index is 0. The van der Waals surface area contributed by atoms with E-state index in [4.69, 9.17) is 0 Å². The van der Waals surface area contributed by atoms with Gasteiger partial charge >= 0.3 is 0 Å². The van der Waals surface area contributed by atoms with Crippen LogP contribution < -0.4 is 5.32 Å². The summed E-state index contributed by atoms with van der Waals surface area (Å²) in [7, 11) is 0. The van der Waals surface area contributed by atoms with Crippen molar-refractivity contribution in [1.82, 2.24) is 5.32 Å². The summed E-state index contributed by atoms with van der Waals surface area (Å²) >= 11 is 0. The predicted octanol–water partition coefficient (Wildman–Crippen LogP) is 2.17. The number of hydrogen-bond acceptors (Lipinski definition) is 1. The van der Waals surface area contributed by atoms with Crippen LogP contribution in [0, 0.1) is 5.92 Å². The maximum atomic E-state index is 3.55. The van der Waals surface area contributed by atoms with Crippen LogP contribution in [0.15, 0.2) is 0 Å². The molecule has 1 saturated heterocycles. The number of nitrogens with one attached hydrogen (secondary N) is 1. The zero-order chi connectivity index (χ0) is 7.56. The Kier molecular flexibility index (Phi) is 6.21. The molecule has 0 aromatic carbocycles. The molecule has 1 N–H and O–H groups in total. The molecule has 1 heterocycles. The molecular formula is C9H19NY. The molecule has 1 saturated carbocycles. The van der Waals surface area contributed by atoms with E-state index in [-0.39, 0.29) is 32.7 Å². The van der Waals surface area contributed by atoms with Gasteiger partial charge in [-0.2, -0.15) is 0 Å². The normalized spacial score (nSPS) is 39.0. The molecule has 11 heavy (non-hydrogen) atoms. The molecule has 63 valence electrons. The number of hydrogen-bond donors (Lipinski definition) is 1. The summed E-state index contributed by atoms with van der Waals surface area (Å²) in [5.41, 5.74) is 0. The summed E-state index contributed by atoms with van der Waals surface area (Å²) in [4.78, 5) is 0. The molecule has 0 bridgehead atoms. The first-order valence-corrected chi connectivity index (χ1v) is 4.62. The smallest absolute Gasteiger partial charge is 0.0102 e. The van der Waals surface area contributed by atoms with Gasteiger partial charge in [-0.05, 0) is 32.1 Å². The summed E-state index contributed by atoms with van der Waals surface area (Å²) in [6.45, 7) is 6.29. The van der Waals surface area contributed by atoms with E-state index in [1.54, 1.807) is 0 Å². The van der Waals surface area contributed by atoms with Gasteiger partial charge in [0.25, 0.3) is 0 Å². The first-order chi connectivity index (χ1) is 4.86. The summed E-state index contributed by atoms with van der Waals surface area (Å²) < 4.78 is 0. The van der Waals surface area contributed by atoms with Gasteiger partial charge in [-0.3, -0.25) is 0 Å². The molecule has 1 nitrogen and oxygen atoms in total. The minimum Gasteiger partial charge on any atom is -0.311 e. The Morgan fingerprint density at radius 2 is 1.82 bits per heavy atom. The largest absolute Gasteiger partial charge is 0.311 e. The second-order valence-corrected chi connectivity index (χ2v) is 3.25. The topological polar surface area (TPSA) is 12.0 Å². The quantitative estimate of drug-likeness (QED) is 0.672. The van der Waals surface area contributed by atoms with Crippen molar-refractivity contribution < 1.29 is 32.7 Å². The van der Waals surface area contributed by atoms with Crippen LogP contribution in [0.3, 0.4) is 0 Å². The van der Waals surface area contributed by atoms with E-state index in [9.17, 15) is 0 Å². The molecule has 1 aliphatic carbocycles. The monoisotopic (exact) mass is 230 g/mol. The van der Waals surface area contributed by atoms with Crippen molar-refractivity contribution in [3.05, 3.63) is 0 Å². The SMILES string of the molecule is CC.CC1CCC2CC2N1.[Y]. The van der Waals surface area contributed by atoms with Crippen LogP contribution in [0.4, 0.5) is 0 Å². The van der Waals surface area contributed by atoms with Gasteiger partial charge in [-0.1, -0.05) is 13.8 Å². The zero-order valence-electron chi connectivity index (χ0n) is 7.93. The van der Waals surface area contributed by atoms with Crippen LogP contribution >= 0.6 is 0 Å². The first-order valence-electron chi connectivity index (χ1n) is 4.62. The predicted molar refractivity (Wildman–Crippen MR) is 45.1 cm³/mol. The first kappa shape index (κ1) is 12.1. The Morgan fingerprint density at radius 1 is 1.18 bits per heavy atom. The van der Waals surface area contributed by atoms with Crippen LogP contribution in [0.25, 0.3) is 0 Å². The molecule has 3 atom stereocenters. The second kappa shape index (κ2) is 5.67. The molecule has 2 fully saturated rings. The molecule has 2 rings (SSSR count). The minimum atomic E-state index is 0. The molecule has 0 aromatic heterocycles. The van der Waals surface area contributed by atoms with Gasteiger partial charge in [-0.25, -0.2) is 0 Å². The summed E-state index contributed by atoms with van der Waals surface area (Å²) in [6.07, 6.45) is 4.35. The van der Waals surface area contributed by atoms with Crippen LogP contribution in [0.2, 0.25) is 0 Å². The zero-order valence-corrected chi connectivity index (χ0v) is 10.8. The Bertz CT molecular complexity index is 106. The number of piperidine rings is 1. The number of rotatable bonds is 0. The van der Waals surface area contributed by atoms with E-state index in [0.717, 1.165) is 18.0 Å². The van der Waals surface area contributed by atoms with Gasteiger partial charge in [0.2, 0.25) is 0 Å². The standard InChI is InChI=1S/C7H13N.C2H6.Y/c1-5-2-3-6-4-7(6)8-5;1-2;/h5-8H,2-4H2,1H3;1-2H3;. The van der Waals surface area contributed by atoms with E-state index >= 15 is 0 Å². The maximum Gasteiger partial charge on any atom is 0.0102 e. The van der Waals surface area contributed by atoms with E-state index in [2.05, 4.69) is 12.2 Å². The van der Waals surface area contributed by atoms with E-state index < -0.39 is 0 Å². The Hall–Kier alpha value is 1.06. The fourth-order valence-corrected chi connectivity index (χ4v) is 1.68. The Balaban J connectivity index is 0.000000311. The van der Waals surface area contributed by atoms with Crippen LogP contribution in [-0.2, 0) is 32.7 Å². The summed E-state index contributed by atoms with van der Waals surface area (Å²) in [5.74, 6) is 1.08. The molecule has 1 radical (unpaired) electrons. The van der Waals surface area contributed by atoms with Gasteiger partial charge in [0.15, 0.2) is 0 Å². The van der Waals surface area contributed by atoms with Crippen LogP contribution in [-0.4, -0.2) is 12.1 Å². The molecule has 0 amide bonds. The Morgan fingerprint density at radius 3 is 2.27 bits per heavy atom. The average molecular weight is 230 g/mol. The third-order valence-electron chi connectivity index (χ3n) is 2.39. The van der Waals surface area contributed by atoms with Crippen molar-refractivity contribution >= 4 is 0 Å². The van der Waals surface area contributed by atoms with Gasteiger partial charge in [-0.15, -0.1) is 0 Å². The number of fused-ring (bicyclic) bond motifs is 1. The molecular weight excluding hydrogens is 211 g/mol. The fourth-order valence-electron chi connectivity index (χ4n) is 1.68. The van der Waals surface area contributed by atoms with Crippen molar-refractivity contribution in [1.29, 1.82) is 0 Å². The molecule has 2 heteroatoms.